The number of amides is 1. The Kier molecular flexibility index (Phi) is 5.89. The molecule has 0 fully saturated rings. The Labute approximate surface area is 166 Å². The molecule has 2 aromatic heterocycles. The maximum Gasteiger partial charge on any atom is 0.338 e. The number of ether oxygens (including phenoxy) is 1. The van der Waals surface area contributed by atoms with Gasteiger partial charge in [-0.1, -0.05) is 17.4 Å². The summed E-state index contributed by atoms with van der Waals surface area (Å²) in [7, 11) is 0. The Hall–Kier alpha value is -3.00. The summed E-state index contributed by atoms with van der Waals surface area (Å²) in [6.07, 6.45) is 1.75. The number of benzene rings is 1. The van der Waals surface area contributed by atoms with Crippen LogP contribution >= 0.6 is 11.3 Å². The molecule has 1 amide bonds. The Morgan fingerprint density at radius 1 is 1.32 bits per heavy atom. The zero-order valence-corrected chi connectivity index (χ0v) is 17.0. The Morgan fingerprint density at radius 2 is 2.11 bits per heavy atom. The lowest BCUT2D eigenvalue weighted by molar-refractivity contribution is -0.118. The lowest BCUT2D eigenvalue weighted by atomic mass is 10.2. The molecule has 0 N–H and O–H groups in total. The Morgan fingerprint density at radius 3 is 2.75 bits per heavy atom. The zero-order chi connectivity index (χ0) is 20.3. The van der Waals surface area contributed by atoms with Gasteiger partial charge in [0.25, 0.3) is 5.91 Å². The van der Waals surface area contributed by atoms with Gasteiger partial charge in [-0.3, -0.25) is 9.48 Å². The van der Waals surface area contributed by atoms with E-state index in [-0.39, 0.29) is 18.4 Å². The van der Waals surface area contributed by atoms with Gasteiger partial charge in [0.2, 0.25) is 0 Å². The highest BCUT2D eigenvalue weighted by Gasteiger charge is 2.13. The second-order valence-electron chi connectivity index (χ2n) is 6.28. The zero-order valence-electron chi connectivity index (χ0n) is 16.1. The maximum atomic E-state index is 12.5. The summed E-state index contributed by atoms with van der Waals surface area (Å²) in [4.78, 5) is 29.3. The molecule has 7 nitrogen and oxygen atoms in total. The standard InChI is InChI=1S/C20H22N4O3S/c1-5-9-23-16-8-7-15(19(26)27-6-2)11-17(16)28-20(23)21-18(25)12-24-14(4)10-13(3)22-24/h5,7-8,10-11H,1,6,9,12H2,2-4H3. The molecule has 2 heterocycles. The molecular weight excluding hydrogens is 376 g/mol. The van der Waals surface area contributed by atoms with Crippen LogP contribution in [-0.2, 0) is 22.6 Å². The number of rotatable bonds is 6. The quantitative estimate of drug-likeness (QED) is 0.472. The first-order chi connectivity index (χ1) is 13.4. The van der Waals surface area contributed by atoms with Crippen LogP contribution in [0.25, 0.3) is 10.2 Å². The van der Waals surface area contributed by atoms with E-state index in [1.807, 2.05) is 30.5 Å². The highest BCUT2D eigenvalue weighted by Crippen LogP contribution is 2.20. The third-order valence-electron chi connectivity index (χ3n) is 4.11. The molecule has 146 valence electrons. The normalized spacial score (nSPS) is 11.8. The van der Waals surface area contributed by atoms with Crippen LogP contribution in [0.15, 0.2) is 41.9 Å². The van der Waals surface area contributed by atoms with Gasteiger partial charge < -0.3 is 9.30 Å². The number of esters is 1. The SMILES string of the molecule is C=CCn1c(=NC(=O)Cn2nc(C)cc2C)sc2cc(C(=O)OCC)ccc21. The monoisotopic (exact) mass is 398 g/mol. The van der Waals surface area contributed by atoms with Crippen molar-refractivity contribution in [1.82, 2.24) is 14.3 Å². The fourth-order valence-electron chi connectivity index (χ4n) is 2.91. The maximum absolute atomic E-state index is 12.5. The number of allylic oxidation sites excluding steroid dienone is 1. The van der Waals surface area contributed by atoms with Gasteiger partial charge in [-0.15, -0.1) is 6.58 Å². The highest BCUT2D eigenvalue weighted by molar-refractivity contribution is 7.16. The molecule has 0 atom stereocenters. The minimum atomic E-state index is -0.368. The van der Waals surface area contributed by atoms with Crippen molar-refractivity contribution < 1.29 is 14.3 Å². The summed E-state index contributed by atoms with van der Waals surface area (Å²) in [5.41, 5.74) is 3.13. The smallest absolute Gasteiger partial charge is 0.338 e. The Bertz CT molecular complexity index is 1120. The predicted octanol–water partition coefficient (Wildman–Crippen LogP) is 3.01. The van der Waals surface area contributed by atoms with Crippen LogP contribution in [0.5, 0.6) is 0 Å². The second-order valence-corrected chi connectivity index (χ2v) is 7.29. The van der Waals surface area contributed by atoms with Gasteiger partial charge in [0.1, 0.15) is 6.54 Å². The molecule has 0 unspecified atom stereocenters. The first kappa shape index (κ1) is 19.8. The second kappa shape index (κ2) is 8.35. The van der Waals surface area contributed by atoms with E-state index in [0.29, 0.717) is 23.5 Å². The van der Waals surface area contributed by atoms with Gasteiger partial charge in [0.15, 0.2) is 4.80 Å². The van der Waals surface area contributed by atoms with Gasteiger partial charge in [-0.25, -0.2) is 4.79 Å². The van der Waals surface area contributed by atoms with E-state index in [9.17, 15) is 9.59 Å². The number of carbonyl (C=O) groups is 2. The van der Waals surface area contributed by atoms with Crippen LogP contribution in [0.2, 0.25) is 0 Å². The van der Waals surface area contributed by atoms with Crippen molar-refractivity contribution in [2.75, 3.05) is 6.61 Å². The van der Waals surface area contributed by atoms with E-state index in [4.69, 9.17) is 4.74 Å². The molecule has 0 radical (unpaired) electrons. The number of aromatic nitrogens is 3. The molecule has 3 rings (SSSR count). The number of carbonyl (C=O) groups excluding carboxylic acids is 2. The molecular formula is C20H22N4O3S. The van der Waals surface area contributed by atoms with Gasteiger partial charge in [-0.05, 0) is 45.0 Å². The van der Waals surface area contributed by atoms with E-state index in [2.05, 4.69) is 16.7 Å². The van der Waals surface area contributed by atoms with E-state index in [1.165, 1.54) is 11.3 Å². The number of nitrogens with zero attached hydrogens (tertiary/aromatic N) is 4. The van der Waals surface area contributed by atoms with Crippen molar-refractivity contribution >= 4 is 33.4 Å². The van der Waals surface area contributed by atoms with Crippen LogP contribution < -0.4 is 4.80 Å². The van der Waals surface area contributed by atoms with Crippen LogP contribution in [0.3, 0.4) is 0 Å². The fraction of sp³-hybridized carbons (Fsp3) is 0.300. The summed E-state index contributed by atoms with van der Waals surface area (Å²) in [6.45, 7) is 10.2. The van der Waals surface area contributed by atoms with Crippen LogP contribution in [-0.4, -0.2) is 32.8 Å². The molecule has 0 bridgehead atoms. The molecule has 8 heteroatoms. The molecule has 0 saturated carbocycles. The summed E-state index contributed by atoms with van der Waals surface area (Å²) in [5, 5.41) is 4.31. The van der Waals surface area contributed by atoms with Crippen molar-refractivity contribution in [3.63, 3.8) is 0 Å². The summed E-state index contributed by atoms with van der Waals surface area (Å²) < 4.78 is 9.46. The van der Waals surface area contributed by atoms with Crippen molar-refractivity contribution in [2.45, 2.75) is 33.9 Å². The summed E-state index contributed by atoms with van der Waals surface area (Å²) in [6, 6.07) is 7.24. The topological polar surface area (TPSA) is 78.5 Å². The molecule has 0 aliphatic rings. The highest BCUT2D eigenvalue weighted by atomic mass is 32.1. The van der Waals surface area contributed by atoms with Crippen molar-refractivity contribution in [2.24, 2.45) is 4.99 Å². The van der Waals surface area contributed by atoms with E-state index in [1.54, 1.807) is 29.8 Å². The number of fused-ring (bicyclic) bond motifs is 1. The van der Waals surface area contributed by atoms with Crippen molar-refractivity contribution in [1.29, 1.82) is 0 Å². The predicted molar refractivity (Wildman–Crippen MR) is 108 cm³/mol. The van der Waals surface area contributed by atoms with E-state index >= 15 is 0 Å². The van der Waals surface area contributed by atoms with Gasteiger partial charge in [0, 0.05) is 12.2 Å². The molecule has 1 aromatic carbocycles. The first-order valence-corrected chi connectivity index (χ1v) is 9.74. The molecule has 0 aliphatic carbocycles. The summed E-state index contributed by atoms with van der Waals surface area (Å²) >= 11 is 1.35. The largest absolute Gasteiger partial charge is 0.462 e. The molecule has 3 aromatic rings. The summed E-state index contributed by atoms with van der Waals surface area (Å²) in [5.74, 6) is -0.659. The minimum absolute atomic E-state index is 0.0794. The third-order valence-corrected chi connectivity index (χ3v) is 5.16. The van der Waals surface area contributed by atoms with Gasteiger partial charge in [-0.2, -0.15) is 10.1 Å². The first-order valence-electron chi connectivity index (χ1n) is 8.93. The molecule has 0 saturated heterocycles. The average Bonchev–Trinajstić information content (AvgIpc) is 3.14. The molecule has 0 spiro atoms. The molecule has 28 heavy (non-hydrogen) atoms. The van der Waals surface area contributed by atoms with Crippen molar-refractivity contribution in [3.8, 4) is 0 Å². The lowest BCUT2D eigenvalue weighted by Crippen LogP contribution is -2.19. The lowest BCUT2D eigenvalue weighted by Gasteiger charge is -2.03. The number of thiazole rings is 1. The fourth-order valence-corrected chi connectivity index (χ4v) is 4.01. The van der Waals surface area contributed by atoms with Crippen LogP contribution in [0.1, 0.15) is 28.7 Å². The van der Waals surface area contributed by atoms with Crippen LogP contribution in [0.4, 0.5) is 0 Å². The van der Waals surface area contributed by atoms with Gasteiger partial charge >= 0.3 is 5.97 Å². The average molecular weight is 398 g/mol. The third kappa shape index (κ3) is 4.12. The van der Waals surface area contributed by atoms with E-state index < -0.39 is 0 Å². The molecule has 0 aliphatic heterocycles. The minimum Gasteiger partial charge on any atom is -0.462 e. The number of hydrogen-bond acceptors (Lipinski definition) is 5. The van der Waals surface area contributed by atoms with Crippen molar-refractivity contribution in [3.05, 3.63) is 58.7 Å². The number of hydrogen-bond donors (Lipinski definition) is 0. The van der Waals surface area contributed by atoms with Gasteiger partial charge in [0.05, 0.1) is 28.1 Å². The van der Waals surface area contributed by atoms with E-state index in [0.717, 1.165) is 21.6 Å². The Balaban J connectivity index is 2.00. The van der Waals surface area contributed by atoms with Crippen LogP contribution in [0, 0.1) is 13.8 Å². The number of aryl methyl sites for hydroxylation is 2.